The summed E-state index contributed by atoms with van der Waals surface area (Å²) in [5.41, 5.74) is 0.758. The van der Waals surface area contributed by atoms with E-state index in [4.69, 9.17) is 8.94 Å². The Morgan fingerprint density at radius 3 is 2.95 bits per heavy atom. The van der Waals surface area contributed by atoms with Crippen molar-refractivity contribution in [3.05, 3.63) is 24.5 Å². The van der Waals surface area contributed by atoms with Crippen molar-refractivity contribution in [2.24, 2.45) is 0 Å². The minimum atomic E-state index is -0.0252. The number of amides is 1. The SMILES string of the molecule is CCN[C@H](C)CNC(=O)CCc1nc(-c2ccoc2)no1.Cl. The number of aryl methyl sites for hydroxylation is 1. The molecule has 2 aromatic rings. The monoisotopic (exact) mass is 328 g/mol. The summed E-state index contributed by atoms with van der Waals surface area (Å²) < 4.78 is 10.1. The van der Waals surface area contributed by atoms with Crippen molar-refractivity contribution in [3.63, 3.8) is 0 Å². The maximum Gasteiger partial charge on any atom is 0.227 e. The van der Waals surface area contributed by atoms with Gasteiger partial charge in [0, 0.05) is 25.4 Å². The van der Waals surface area contributed by atoms with Crippen LogP contribution in [-0.2, 0) is 11.2 Å². The van der Waals surface area contributed by atoms with Crippen LogP contribution in [0.15, 0.2) is 27.5 Å². The van der Waals surface area contributed by atoms with Gasteiger partial charge >= 0.3 is 0 Å². The molecule has 0 unspecified atom stereocenters. The molecule has 1 atom stereocenters. The second kappa shape index (κ2) is 9.22. The summed E-state index contributed by atoms with van der Waals surface area (Å²) >= 11 is 0. The van der Waals surface area contributed by atoms with Gasteiger partial charge in [-0.2, -0.15) is 4.98 Å². The number of nitrogens with zero attached hydrogens (tertiary/aromatic N) is 2. The molecule has 0 aliphatic carbocycles. The van der Waals surface area contributed by atoms with Crippen LogP contribution in [-0.4, -0.2) is 35.2 Å². The molecule has 0 aliphatic rings. The molecule has 1 amide bonds. The largest absolute Gasteiger partial charge is 0.472 e. The molecule has 0 spiro atoms. The highest BCUT2D eigenvalue weighted by Gasteiger charge is 2.11. The Balaban J connectivity index is 0.00000242. The van der Waals surface area contributed by atoms with Crippen LogP contribution < -0.4 is 10.6 Å². The second-order valence-electron chi connectivity index (χ2n) is 4.79. The molecule has 2 rings (SSSR count). The molecule has 0 radical (unpaired) electrons. The first-order valence-electron chi connectivity index (χ1n) is 7.04. The molecule has 0 saturated heterocycles. The number of carbonyl (C=O) groups is 1. The van der Waals surface area contributed by atoms with Gasteiger partial charge in [-0.15, -0.1) is 12.4 Å². The number of hydrogen-bond acceptors (Lipinski definition) is 6. The Morgan fingerprint density at radius 2 is 2.27 bits per heavy atom. The summed E-state index contributed by atoms with van der Waals surface area (Å²) in [7, 11) is 0. The van der Waals surface area contributed by atoms with Gasteiger partial charge in [0.2, 0.25) is 17.6 Å². The number of furan rings is 1. The lowest BCUT2D eigenvalue weighted by atomic mass is 10.2. The van der Waals surface area contributed by atoms with Gasteiger partial charge in [-0.1, -0.05) is 12.1 Å². The highest BCUT2D eigenvalue weighted by Crippen LogP contribution is 2.16. The maximum absolute atomic E-state index is 11.7. The Labute approximate surface area is 135 Å². The quantitative estimate of drug-likeness (QED) is 0.767. The van der Waals surface area contributed by atoms with E-state index in [0.717, 1.165) is 12.1 Å². The summed E-state index contributed by atoms with van der Waals surface area (Å²) in [5, 5.41) is 9.94. The van der Waals surface area contributed by atoms with E-state index >= 15 is 0 Å². The minimum Gasteiger partial charge on any atom is -0.472 e. The van der Waals surface area contributed by atoms with E-state index in [2.05, 4.69) is 20.8 Å². The zero-order valence-corrected chi connectivity index (χ0v) is 13.5. The van der Waals surface area contributed by atoms with Crippen LogP contribution in [0.25, 0.3) is 11.4 Å². The Hall–Kier alpha value is -1.86. The van der Waals surface area contributed by atoms with Gasteiger partial charge in [0.1, 0.15) is 6.26 Å². The third-order valence-electron chi connectivity index (χ3n) is 2.97. The lowest BCUT2D eigenvalue weighted by molar-refractivity contribution is -0.121. The molecular weight excluding hydrogens is 308 g/mol. The van der Waals surface area contributed by atoms with Gasteiger partial charge in [-0.3, -0.25) is 4.79 Å². The van der Waals surface area contributed by atoms with Crippen molar-refractivity contribution in [1.29, 1.82) is 0 Å². The Morgan fingerprint density at radius 1 is 1.45 bits per heavy atom. The summed E-state index contributed by atoms with van der Waals surface area (Å²) in [5.74, 6) is 0.892. The van der Waals surface area contributed by atoms with Crippen LogP contribution >= 0.6 is 12.4 Å². The first-order valence-corrected chi connectivity index (χ1v) is 7.04. The molecular formula is C14H21ClN4O3. The van der Waals surface area contributed by atoms with Crippen LogP contribution in [0, 0.1) is 0 Å². The molecule has 0 bridgehead atoms. The van der Waals surface area contributed by atoms with E-state index in [-0.39, 0.29) is 24.4 Å². The van der Waals surface area contributed by atoms with Crippen molar-refractivity contribution in [1.82, 2.24) is 20.8 Å². The van der Waals surface area contributed by atoms with Crippen molar-refractivity contribution in [2.45, 2.75) is 32.7 Å². The predicted octanol–water partition coefficient (Wildman–Crippen LogP) is 1.80. The molecule has 0 saturated carbocycles. The van der Waals surface area contributed by atoms with E-state index < -0.39 is 0 Å². The van der Waals surface area contributed by atoms with E-state index in [1.54, 1.807) is 18.6 Å². The lowest BCUT2D eigenvalue weighted by Crippen LogP contribution is -2.38. The zero-order chi connectivity index (χ0) is 15.1. The fourth-order valence-electron chi connectivity index (χ4n) is 1.86. The Bertz CT molecular complexity index is 556. The van der Waals surface area contributed by atoms with Crippen LogP contribution in [0.5, 0.6) is 0 Å². The number of nitrogens with one attached hydrogen (secondary N) is 2. The zero-order valence-electron chi connectivity index (χ0n) is 12.7. The highest BCUT2D eigenvalue weighted by atomic mass is 35.5. The third-order valence-corrected chi connectivity index (χ3v) is 2.97. The molecule has 0 fully saturated rings. The Kier molecular flexibility index (Phi) is 7.62. The van der Waals surface area contributed by atoms with E-state index in [1.807, 2.05) is 13.8 Å². The summed E-state index contributed by atoms with van der Waals surface area (Å²) in [6.45, 7) is 5.55. The molecule has 7 nitrogen and oxygen atoms in total. The van der Waals surface area contributed by atoms with Crippen molar-refractivity contribution >= 4 is 18.3 Å². The normalized spacial score (nSPS) is 11.7. The average Bonchev–Trinajstić information content (AvgIpc) is 3.13. The van der Waals surface area contributed by atoms with Gasteiger partial charge in [-0.25, -0.2) is 0 Å². The molecule has 2 N–H and O–H groups in total. The number of rotatable bonds is 8. The van der Waals surface area contributed by atoms with Gasteiger partial charge in [0.05, 0.1) is 11.8 Å². The number of halogens is 1. The first kappa shape index (κ1) is 18.2. The fourth-order valence-corrected chi connectivity index (χ4v) is 1.86. The van der Waals surface area contributed by atoms with E-state index in [1.165, 1.54) is 0 Å². The smallest absolute Gasteiger partial charge is 0.227 e. The van der Waals surface area contributed by atoms with Gasteiger partial charge in [-0.05, 0) is 19.5 Å². The van der Waals surface area contributed by atoms with Crippen molar-refractivity contribution in [3.8, 4) is 11.4 Å². The topological polar surface area (TPSA) is 93.2 Å². The summed E-state index contributed by atoms with van der Waals surface area (Å²) in [4.78, 5) is 15.9. The van der Waals surface area contributed by atoms with Crippen molar-refractivity contribution in [2.75, 3.05) is 13.1 Å². The number of likely N-dealkylation sites (N-methyl/N-ethyl adjacent to an activating group) is 1. The minimum absolute atomic E-state index is 0. The average molecular weight is 329 g/mol. The molecule has 2 aromatic heterocycles. The maximum atomic E-state index is 11.7. The lowest BCUT2D eigenvalue weighted by Gasteiger charge is -2.12. The number of hydrogen-bond donors (Lipinski definition) is 2. The number of aromatic nitrogens is 2. The van der Waals surface area contributed by atoms with E-state index in [0.29, 0.717) is 31.1 Å². The van der Waals surface area contributed by atoms with Crippen LogP contribution in [0.2, 0.25) is 0 Å². The fraction of sp³-hybridized carbons (Fsp3) is 0.500. The van der Waals surface area contributed by atoms with Crippen molar-refractivity contribution < 1.29 is 13.7 Å². The summed E-state index contributed by atoms with van der Waals surface area (Å²) in [6, 6.07) is 2.01. The van der Waals surface area contributed by atoms with Crippen LogP contribution in [0.3, 0.4) is 0 Å². The number of carbonyl (C=O) groups excluding carboxylic acids is 1. The third kappa shape index (κ3) is 5.50. The standard InChI is InChI=1S/C14H20N4O3.ClH/c1-3-15-10(2)8-16-12(19)4-5-13-17-14(18-21-13)11-6-7-20-9-11;/h6-7,9-10,15H,3-5,8H2,1-2H3,(H,16,19);1H/t10-;/m1./s1. The second-order valence-corrected chi connectivity index (χ2v) is 4.79. The predicted molar refractivity (Wildman–Crippen MR) is 83.7 cm³/mol. The molecule has 22 heavy (non-hydrogen) atoms. The molecule has 0 aliphatic heterocycles. The van der Waals surface area contributed by atoms with Crippen LogP contribution in [0.4, 0.5) is 0 Å². The first-order chi connectivity index (χ1) is 10.2. The highest BCUT2D eigenvalue weighted by molar-refractivity contribution is 5.85. The molecule has 2 heterocycles. The van der Waals surface area contributed by atoms with Gasteiger partial charge in [0.25, 0.3) is 0 Å². The van der Waals surface area contributed by atoms with Crippen LogP contribution in [0.1, 0.15) is 26.2 Å². The summed E-state index contributed by atoms with van der Waals surface area (Å²) in [6.07, 6.45) is 3.84. The van der Waals surface area contributed by atoms with E-state index in [9.17, 15) is 4.79 Å². The molecule has 0 aromatic carbocycles. The molecule has 8 heteroatoms. The molecule has 122 valence electrons. The van der Waals surface area contributed by atoms with Gasteiger partial charge < -0.3 is 19.6 Å². The van der Waals surface area contributed by atoms with Gasteiger partial charge in [0.15, 0.2) is 0 Å².